The highest BCUT2D eigenvalue weighted by atomic mass is 19.4. The molecule has 1 heterocycles. The first kappa shape index (κ1) is 11.9. The number of alkyl halides is 3. The minimum absolute atomic E-state index is 0.265. The van der Waals surface area contributed by atoms with Gasteiger partial charge in [0.25, 0.3) is 5.82 Å². The molecule has 5 nitrogen and oxygen atoms in total. The van der Waals surface area contributed by atoms with Gasteiger partial charge in [0.05, 0.1) is 5.69 Å². The van der Waals surface area contributed by atoms with Crippen LogP contribution in [0.5, 0.6) is 0 Å². The molecule has 1 aliphatic carbocycles. The summed E-state index contributed by atoms with van der Waals surface area (Å²) in [4.78, 5) is 0. The number of benzene rings is 1. The highest BCUT2D eigenvalue weighted by molar-refractivity contribution is 5.54. The van der Waals surface area contributed by atoms with E-state index in [-0.39, 0.29) is 5.92 Å². The molecule has 1 fully saturated rings. The van der Waals surface area contributed by atoms with Crippen LogP contribution in [0.25, 0.3) is 5.69 Å². The van der Waals surface area contributed by atoms with Gasteiger partial charge in [0.1, 0.15) is 0 Å². The van der Waals surface area contributed by atoms with Gasteiger partial charge in [-0.05, 0) is 46.9 Å². The molecule has 8 heteroatoms. The van der Waals surface area contributed by atoms with Crippen LogP contribution in [-0.4, -0.2) is 20.2 Å². The van der Waals surface area contributed by atoms with Crippen molar-refractivity contribution in [1.29, 1.82) is 0 Å². The number of nitrogens with two attached hydrogens (primary N) is 1. The van der Waals surface area contributed by atoms with Gasteiger partial charge in [0.2, 0.25) is 0 Å². The second-order valence-electron chi connectivity index (χ2n) is 4.50. The fourth-order valence-electron chi connectivity index (χ4n) is 2.01. The third-order valence-electron chi connectivity index (χ3n) is 3.02. The van der Waals surface area contributed by atoms with Crippen molar-refractivity contribution in [3.05, 3.63) is 29.6 Å². The highest BCUT2D eigenvalue weighted by Crippen LogP contribution is 2.43. The predicted molar refractivity (Wildman–Crippen MR) is 60.5 cm³/mol. The zero-order valence-corrected chi connectivity index (χ0v) is 9.72. The van der Waals surface area contributed by atoms with Crippen LogP contribution < -0.4 is 5.73 Å². The van der Waals surface area contributed by atoms with E-state index in [1.54, 1.807) is 12.1 Å². The SMILES string of the molecule is Nc1ccc(C2CC2)c(-n2nnnc2C(F)(F)F)c1. The molecular formula is C11H10F3N5. The minimum Gasteiger partial charge on any atom is -0.399 e. The third-order valence-corrected chi connectivity index (χ3v) is 3.02. The van der Waals surface area contributed by atoms with Crippen LogP contribution in [0.15, 0.2) is 18.2 Å². The normalized spacial score (nSPS) is 15.7. The Labute approximate surface area is 106 Å². The summed E-state index contributed by atoms with van der Waals surface area (Å²) in [5, 5.41) is 9.61. The molecule has 1 aromatic heterocycles. The zero-order valence-electron chi connectivity index (χ0n) is 9.72. The molecule has 1 aliphatic rings. The largest absolute Gasteiger partial charge is 0.453 e. The quantitative estimate of drug-likeness (QED) is 0.848. The monoisotopic (exact) mass is 269 g/mol. The van der Waals surface area contributed by atoms with Crippen molar-refractivity contribution in [3.8, 4) is 5.69 Å². The number of rotatable bonds is 2. The molecule has 19 heavy (non-hydrogen) atoms. The molecule has 0 atom stereocenters. The van der Waals surface area contributed by atoms with Gasteiger partial charge >= 0.3 is 6.18 Å². The van der Waals surface area contributed by atoms with Crippen LogP contribution in [0.2, 0.25) is 0 Å². The number of nitrogen functional groups attached to an aromatic ring is 1. The smallest absolute Gasteiger partial charge is 0.399 e. The molecule has 1 aromatic carbocycles. The van der Waals surface area contributed by atoms with Crippen molar-refractivity contribution in [3.63, 3.8) is 0 Å². The van der Waals surface area contributed by atoms with E-state index >= 15 is 0 Å². The summed E-state index contributed by atoms with van der Waals surface area (Å²) in [6.07, 6.45) is -2.68. The number of nitrogens with zero attached hydrogens (tertiary/aromatic N) is 4. The first-order valence-corrected chi connectivity index (χ1v) is 5.72. The zero-order chi connectivity index (χ0) is 13.6. The van der Waals surface area contributed by atoms with Crippen molar-refractivity contribution < 1.29 is 13.2 Å². The highest BCUT2D eigenvalue weighted by Gasteiger charge is 2.39. The molecule has 0 radical (unpaired) electrons. The van der Waals surface area contributed by atoms with Crippen LogP contribution in [0.4, 0.5) is 18.9 Å². The molecule has 0 amide bonds. The van der Waals surface area contributed by atoms with Gasteiger partial charge in [-0.15, -0.1) is 5.10 Å². The van der Waals surface area contributed by atoms with Crippen LogP contribution in [0, 0.1) is 0 Å². The molecule has 0 aliphatic heterocycles. The van der Waals surface area contributed by atoms with Crippen LogP contribution in [0.1, 0.15) is 30.1 Å². The maximum Gasteiger partial charge on any atom is 0.453 e. The Hall–Kier alpha value is -2.12. The molecule has 1 saturated carbocycles. The van der Waals surface area contributed by atoms with Crippen LogP contribution in [0.3, 0.4) is 0 Å². The summed E-state index contributed by atoms with van der Waals surface area (Å²) < 4.78 is 39.2. The lowest BCUT2D eigenvalue weighted by Crippen LogP contribution is -2.16. The molecule has 2 N–H and O–H groups in total. The number of hydrogen-bond donors (Lipinski definition) is 1. The standard InChI is InChI=1S/C11H10F3N5/c12-11(13,14)10-16-17-18-19(10)9-5-7(15)3-4-8(9)6-1-2-6/h3-6H,1-2,15H2. The van der Waals surface area contributed by atoms with Gasteiger partial charge in [-0.3, -0.25) is 0 Å². The number of halogens is 3. The number of hydrogen-bond acceptors (Lipinski definition) is 4. The van der Waals surface area contributed by atoms with Crippen LogP contribution in [-0.2, 0) is 6.18 Å². The predicted octanol–water partition coefficient (Wildman–Crippen LogP) is 2.14. The van der Waals surface area contributed by atoms with E-state index in [0.717, 1.165) is 18.4 Å². The van der Waals surface area contributed by atoms with Gasteiger partial charge < -0.3 is 5.73 Å². The molecular weight excluding hydrogens is 259 g/mol. The van der Waals surface area contributed by atoms with Crippen molar-refractivity contribution in [2.75, 3.05) is 5.73 Å². The van der Waals surface area contributed by atoms with E-state index in [0.29, 0.717) is 16.1 Å². The third kappa shape index (κ3) is 2.13. The van der Waals surface area contributed by atoms with E-state index in [1.165, 1.54) is 6.07 Å². The molecule has 3 rings (SSSR count). The molecule has 0 bridgehead atoms. The molecule has 2 aromatic rings. The Bertz CT molecular complexity index is 615. The number of aromatic nitrogens is 4. The van der Waals surface area contributed by atoms with E-state index in [4.69, 9.17) is 5.73 Å². The lowest BCUT2D eigenvalue weighted by molar-refractivity contribution is -0.146. The Morgan fingerprint density at radius 2 is 2.00 bits per heavy atom. The summed E-state index contributed by atoms with van der Waals surface area (Å²) in [5.41, 5.74) is 7.13. The minimum atomic E-state index is -4.60. The second kappa shape index (κ2) is 3.94. The Kier molecular flexibility index (Phi) is 2.48. The van der Waals surface area contributed by atoms with Crippen molar-refractivity contribution in [2.24, 2.45) is 0 Å². The lowest BCUT2D eigenvalue weighted by atomic mass is 10.1. The van der Waals surface area contributed by atoms with E-state index in [9.17, 15) is 13.2 Å². The fraction of sp³-hybridized carbons (Fsp3) is 0.364. The van der Waals surface area contributed by atoms with Gasteiger partial charge in [-0.25, -0.2) is 0 Å². The molecule has 0 unspecified atom stereocenters. The molecule has 0 spiro atoms. The summed E-state index contributed by atoms with van der Waals surface area (Å²) >= 11 is 0. The molecule has 0 saturated heterocycles. The van der Waals surface area contributed by atoms with Crippen molar-refractivity contribution in [2.45, 2.75) is 24.9 Å². The topological polar surface area (TPSA) is 69.6 Å². The first-order chi connectivity index (χ1) is 8.97. The van der Waals surface area contributed by atoms with E-state index in [2.05, 4.69) is 15.5 Å². The Morgan fingerprint density at radius 3 is 2.63 bits per heavy atom. The maximum absolute atomic E-state index is 12.8. The van der Waals surface area contributed by atoms with Crippen molar-refractivity contribution >= 4 is 5.69 Å². The molecule has 100 valence electrons. The summed E-state index contributed by atoms with van der Waals surface area (Å²) in [7, 11) is 0. The average Bonchev–Trinajstić information content (AvgIpc) is 3.04. The summed E-state index contributed by atoms with van der Waals surface area (Å²) in [6, 6.07) is 4.89. The fourth-order valence-corrected chi connectivity index (χ4v) is 2.01. The van der Waals surface area contributed by atoms with Gasteiger partial charge in [0, 0.05) is 5.69 Å². The van der Waals surface area contributed by atoms with Crippen molar-refractivity contribution in [1.82, 2.24) is 20.2 Å². The van der Waals surface area contributed by atoms with Crippen LogP contribution >= 0.6 is 0 Å². The Morgan fingerprint density at radius 1 is 1.26 bits per heavy atom. The number of anilines is 1. The van der Waals surface area contributed by atoms with Gasteiger partial charge in [0.15, 0.2) is 0 Å². The second-order valence-corrected chi connectivity index (χ2v) is 4.50. The summed E-state index contributed by atoms with van der Waals surface area (Å²) in [6.45, 7) is 0. The lowest BCUT2D eigenvalue weighted by Gasteiger charge is -2.12. The van der Waals surface area contributed by atoms with E-state index < -0.39 is 12.0 Å². The first-order valence-electron chi connectivity index (χ1n) is 5.72. The maximum atomic E-state index is 12.8. The average molecular weight is 269 g/mol. The van der Waals surface area contributed by atoms with E-state index in [1.807, 2.05) is 0 Å². The Balaban J connectivity index is 2.16. The van der Waals surface area contributed by atoms with Gasteiger partial charge in [-0.2, -0.15) is 17.9 Å². The summed E-state index contributed by atoms with van der Waals surface area (Å²) in [5.74, 6) is -0.874. The number of tetrazole rings is 1. The van der Waals surface area contributed by atoms with Gasteiger partial charge in [-0.1, -0.05) is 6.07 Å².